The first-order valence-corrected chi connectivity index (χ1v) is 7.27. The molecule has 1 heterocycles. The highest BCUT2D eigenvalue weighted by Crippen LogP contribution is 2.38. The van der Waals surface area contributed by atoms with Gasteiger partial charge in [-0.1, -0.05) is 11.6 Å². The molecule has 0 N–H and O–H groups in total. The van der Waals surface area contributed by atoms with Crippen LogP contribution >= 0.6 is 11.6 Å². The van der Waals surface area contributed by atoms with Crippen molar-refractivity contribution in [3.8, 4) is 0 Å². The maximum absolute atomic E-state index is 11.6. The van der Waals surface area contributed by atoms with E-state index in [-0.39, 0.29) is 21.7 Å². The predicted octanol–water partition coefficient (Wildman–Crippen LogP) is 2.14. The quantitative estimate of drug-likeness (QED) is 0.618. The molecule has 10 heteroatoms. The first-order valence-electron chi connectivity index (χ1n) is 4.56. The van der Waals surface area contributed by atoms with E-state index in [2.05, 4.69) is 19.3 Å². The summed E-state index contributed by atoms with van der Waals surface area (Å²) in [6.45, 7) is 0. The fraction of sp³-hybridized carbons (Fsp3) is 0.250. The van der Waals surface area contributed by atoms with Crippen molar-refractivity contribution in [3.63, 3.8) is 0 Å². The first-order chi connectivity index (χ1) is 8.29. The van der Waals surface area contributed by atoms with Crippen molar-refractivity contribution in [2.45, 2.75) is 0 Å². The molecular formula is C8H7ClN4O4S. The standard InChI is InChI=1S/C8H7ClN4O4S/c1-18(2,16)12-5-3-4(9)6-7(11-17-10-6)8(5)13(14)15/h3H,1-2H3. The van der Waals surface area contributed by atoms with Crippen molar-refractivity contribution >= 4 is 43.7 Å². The molecule has 0 aliphatic carbocycles. The third-order valence-corrected chi connectivity index (χ3v) is 2.87. The first kappa shape index (κ1) is 12.7. The number of rotatable bonds is 2. The number of benzene rings is 1. The third kappa shape index (κ3) is 2.27. The molecule has 18 heavy (non-hydrogen) atoms. The molecule has 2 aromatic rings. The van der Waals surface area contributed by atoms with E-state index in [4.69, 9.17) is 11.6 Å². The number of hydrogen-bond donors (Lipinski definition) is 0. The van der Waals surface area contributed by atoms with Crippen LogP contribution in [-0.2, 0) is 9.73 Å². The molecule has 96 valence electrons. The van der Waals surface area contributed by atoms with Gasteiger partial charge in [0, 0.05) is 22.2 Å². The number of nitrogens with zero attached hydrogens (tertiary/aromatic N) is 4. The summed E-state index contributed by atoms with van der Waals surface area (Å²) in [5, 5.41) is 18.0. The Morgan fingerprint density at radius 3 is 2.61 bits per heavy atom. The van der Waals surface area contributed by atoms with E-state index in [0.717, 1.165) is 0 Å². The summed E-state index contributed by atoms with van der Waals surface area (Å²) in [7, 11) is -2.57. The van der Waals surface area contributed by atoms with Gasteiger partial charge in [0.2, 0.25) is 5.52 Å². The average Bonchev–Trinajstić information content (AvgIpc) is 2.63. The van der Waals surface area contributed by atoms with Gasteiger partial charge in [-0.15, -0.1) is 0 Å². The van der Waals surface area contributed by atoms with Gasteiger partial charge in [-0.2, -0.15) is 4.36 Å². The smallest absolute Gasteiger partial charge is 0.258 e. The molecule has 0 atom stereocenters. The van der Waals surface area contributed by atoms with Crippen LogP contribution in [-0.4, -0.2) is 32.0 Å². The molecular weight excluding hydrogens is 284 g/mol. The van der Waals surface area contributed by atoms with Gasteiger partial charge in [-0.05, 0) is 16.4 Å². The van der Waals surface area contributed by atoms with Crippen LogP contribution in [0.4, 0.5) is 11.4 Å². The van der Waals surface area contributed by atoms with E-state index in [9.17, 15) is 14.3 Å². The van der Waals surface area contributed by atoms with E-state index in [1.54, 1.807) is 0 Å². The number of aromatic nitrogens is 2. The lowest BCUT2D eigenvalue weighted by Gasteiger charge is -2.00. The van der Waals surface area contributed by atoms with Crippen LogP contribution in [0.2, 0.25) is 5.02 Å². The van der Waals surface area contributed by atoms with Gasteiger partial charge in [0.25, 0.3) is 0 Å². The SMILES string of the molecule is CS(C)(=O)=Nc1cc(Cl)c2nonc2c1[N+](=O)[O-]. The Kier molecular flexibility index (Phi) is 2.95. The van der Waals surface area contributed by atoms with Crippen molar-refractivity contribution in [1.82, 2.24) is 10.3 Å². The minimum Gasteiger partial charge on any atom is -0.258 e. The van der Waals surface area contributed by atoms with E-state index in [1.165, 1.54) is 18.6 Å². The van der Waals surface area contributed by atoms with Gasteiger partial charge in [-0.3, -0.25) is 10.1 Å². The average molecular weight is 291 g/mol. The van der Waals surface area contributed by atoms with Crippen LogP contribution < -0.4 is 0 Å². The summed E-state index contributed by atoms with van der Waals surface area (Å²) in [5.41, 5.74) is -0.578. The Bertz CT molecular complexity index is 754. The van der Waals surface area contributed by atoms with E-state index in [0.29, 0.717) is 0 Å². The lowest BCUT2D eigenvalue weighted by Crippen LogP contribution is -1.94. The number of fused-ring (bicyclic) bond motifs is 1. The second-order valence-corrected chi connectivity index (χ2v) is 6.67. The Morgan fingerprint density at radius 2 is 2.06 bits per heavy atom. The zero-order valence-electron chi connectivity index (χ0n) is 9.29. The molecule has 0 aliphatic heterocycles. The molecule has 0 radical (unpaired) electrons. The monoisotopic (exact) mass is 290 g/mol. The summed E-state index contributed by atoms with van der Waals surface area (Å²) in [6, 6.07) is 1.22. The number of nitro groups is 1. The van der Waals surface area contributed by atoms with E-state index < -0.39 is 20.3 Å². The van der Waals surface area contributed by atoms with Gasteiger partial charge in [-0.25, -0.2) is 8.84 Å². The number of hydrogen-bond acceptors (Lipinski definition) is 7. The number of halogens is 1. The Labute approximate surface area is 106 Å². The fourth-order valence-corrected chi connectivity index (χ4v) is 2.21. The molecule has 0 aliphatic rings. The molecule has 0 saturated heterocycles. The van der Waals surface area contributed by atoms with E-state index in [1.807, 2.05) is 0 Å². The molecule has 0 bridgehead atoms. The van der Waals surface area contributed by atoms with Gasteiger partial charge in [0.15, 0.2) is 11.2 Å². The molecule has 2 rings (SSSR count). The van der Waals surface area contributed by atoms with Crippen LogP contribution in [0.25, 0.3) is 11.0 Å². The van der Waals surface area contributed by atoms with Crippen LogP contribution in [0.5, 0.6) is 0 Å². The highest BCUT2D eigenvalue weighted by Gasteiger charge is 2.25. The van der Waals surface area contributed by atoms with Gasteiger partial charge >= 0.3 is 5.69 Å². The van der Waals surface area contributed by atoms with Crippen LogP contribution in [0.15, 0.2) is 15.1 Å². The van der Waals surface area contributed by atoms with Crippen LogP contribution in [0.1, 0.15) is 0 Å². The summed E-state index contributed by atoms with van der Waals surface area (Å²) in [6.07, 6.45) is 2.71. The number of nitro benzene ring substituents is 1. The fourth-order valence-electron chi connectivity index (χ4n) is 1.37. The third-order valence-electron chi connectivity index (χ3n) is 1.95. The second-order valence-electron chi connectivity index (χ2n) is 3.72. The Hall–Kier alpha value is -1.74. The lowest BCUT2D eigenvalue weighted by atomic mass is 10.2. The van der Waals surface area contributed by atoms with Gasteiger partial charge in [0.05, 0.1) is 9.95 Å². The van der Waals surface area contributed by atoms with Crippen LogP contribution in [0.3, 0.4) is 0 Å². The zero-order valence-corrected chi connectivity index (χ0v) is 10.9. The van der Waals surface area contributed by atoms with Crippen molar-refractivity contribution in [2.24, 2.45) is 4.36 Å². The summed E-state index contributed by atoms with van der Waals surface area (Å²) in [5.74, 6) is 0. The summed E-state index contributed by atoms with van der Waals surface area (Å²) in [4.78, 5) is 10.3. The molecule has 0 fully saturated rings. The van der Waals surface area contributed by atoms with Crippen molar-refractivity contribution in [1.29, 1.82) is 0 Å². The van der Waals surface area contributed by atoms with Gasteiger partial charge < -0.3 is 0 Å². The molecule has 0 amide bonds. The summed E-state index contributed by atoms with van der Waals surface area (Å²) >= 11 is 5.87. The molecule has 0 unspecified atom stereocenters. The van der Waals surface area contributed by atoms with Crippen LogP contribution in [0, 0.1) is 10.1 Å². The van der Waals surface area contributed by atoms with E-state index >= 15 is 0 Å². The topological polar surface area (TPSA) is 111 Å². The maximum Gasteiger partial charge on any atom is 0.326 e. The van der Waals surface area contributed by atoms with Crippen molar-refractivity contribution < 1.29 is 13.8 Å². The highest BCUT2D eigenvalue weighted by atomic mass is 35.5. The molecule has 1 aromatic carbocycles. The Balaban J connectivity index is 2.93. The molecule has 0 spiro atoms. The van der Waals surface area contributed by atoms with Gasteiger partial charge in [0.1, 0.15) is 0 Å². The molecule has 1 aromatic heterocycles. The normalized spacial score (nSPS) is 11.7. The minimum absolute atomic E-state index is 0.0704. The Morgan fingerprint density at radius 1 is 1.44 bits per heavy atom. The maximum atomic E-state index is 11.6. The molecule has 0 saturated carbocycles. The van der Waals surface area contributed by atoms with Crippen molar-refractivity contribution in [2.75, 3.05) is 12.5 Å². The zero-order chi connectivity index (χ0) is 13.5. The lowest BCUT2D eigenvalue weighted by molar-refractivity contribution is -0.382. The summed E-state index contributed by atoms with van der Waals surface area (Å²) < 4.78 is 19.8. The predicted molar refractivity (Wildman–Crippen MR) is 65.5 cm³/mol. The minimum atomic E-state index is -2.57. The second kappa shape index (κ2) is 4.18. The largest absolute Gasteiger partial charge is 0.326 e. The highest BCUT2D eigenvalue weighted by molar-refractivity contribution is 7.92. The molecule has 8 nitrogen and oxygen atoms in total. The van der Waals surface area contributed by atoms with Crippen molar-refractivity contribution in [3.05, 3.63) is 21.2 Å².